The van der Waals surface area contributed by atoms with Gasteiger partial charge in [0, 0.05) is 29.3 Å². The van der Waals surface area contributed by atoms with Crippen LogP contribution in [0, 0.1) is 11.8 Å². The van der Waals surface area contributed by atoms with Gasteiger partial charge in [-0.2, -0.15) is 11.3 Å². The molecule has 1 heterocycles. The minimum atomic E-state index is -0.988. The molecule has 0 spiro atoms. The Bertz CT molecular complexity index is 728. The van der Waals surface area contributed by atoms with Gasteiger partial charge >= 0.3 is 12.1 Å². The third kappa shape index (κ3) is 5.49. The lowest BCUT2D eigenvalue weighted by atomic mass is 10.2. The number of benzene rings is 1. The highest BCUT2D eigenvalue weighted by atomic mass is 32.1. The molecular weight excluding hydrogens is 314 g/mol. The summed E-state index contributed by atoms with van der Waals surface area (Å²) in [5.74, 6) is 4.64. The second kappa shape index (κ2) is 8.61. The number of carbonyl (C=O) groups is 2. The molecule has 0 saturated heterocycles. The van der Waals surface area contributed by atoms with E-state index in [1.54, 1.807) is 10.8 Å². The van der Waals surface area contributed by atoms with Gasteiger partial charge in [-0.15, -0.1) is 0 Å². The highest BCUT2D eigenvalue weighted by Gasteiger charge is 2.08. The van der Waals surface area contributed by atoms with Crippen LogP contribution >= 0.6 is 11.3 Å². The highest BCUT2D eigenvalue weighted by molar-refractivity contribution is 7.08. The number of hydrogen-bond acceptors (Lipinski definition) is 4. The average Bonchev–Trinajstić information content (AvgIpc) is 3.02. The van der Waals surface area contributed by atoms with Gasteiger partial charge in [0.25, 0.3) is 0 Å². The second-order valence-electron chi connectivity index (χ2n) is 4.54. The Morgan fingerprint density at radius 3 is 2.74 bits per heavy atom. The van der Waals surface area contributed by atoms with Crippen LogP contribution in [-0.4, -0.2) is 23.7 Å². The summed E-state index contributed by atoms with van der Waals surface area (Å²) in [6.45, 7) is 0.558. The van der Waals surface area contributed by atoms with Crippen LogP contribution in [0.1, 0.15) is 27.9 Å². The number of carbonyl (C=O) groups excluding carboxylic acids is 1. The number of nitrogens with one attached hydrogen (secondary N) is 1. The fourth-order valence-corrected chi connectivity index (χ4v) is 2.47. The van der Waals surface area contributed by atoms with Gasteiger partial charge in [0.2, 0.25) is 0 Å². The Hall–Kier alpha value is -2.78. The fourth-order valence-electron chi connectivity index (χ4n) is 1.72. The van der Waals surface area contributed by atoms with E-state index in [0.717, 1.165) is 5.56 Å². The predicted octanol–water partition coefficient (Wildman–Crippen LogP) is 3.11. The molecule has 2 aromatic rings. The van der Waals surface area contributed by atoms with Crippen molar-refractivity contribution in [1.82, 2.24) is 5.32 Å². The van der Waals surface area contributed by atoms with Crippen LogP contribution in [0.4, 0.5) is 4.79 Å². The molecule has 1 aromatic heterocycles. The van der Waals surface area contributed by atoms with Crippen molar-refractivity contribution in [2.45, 2.75) is 13.0 Å². The lowest BCUT2D eigenvalue weighted by Gasteiger charge is -2.05. The number of thiophene rings is 1. The standard InChI is InChI=1S/C17H15NO4S/c19-16(20)15-12-23-11-14(15)8-4-5-9-18-17(21)22-10-13-6-2-1-3-7-13/h1-3,6-7,11-12H,5,9-10H2,(H,18,21)(H,19,20). The Balaban J connectivity index is 1.69. The third-order valence-corrected chi connectivity index (χ3v) is 3.59. The summed E-state index contributed by atoms with van der Waals surface area (Å²) in [7, 11) is 0. The van der Waals surface area contributed by atoms with Gasteiger partial charge in [-0.05, 0) is 5.56 Å². The maximum Gasteiger partial charge on any atom is 0.407 e. The van der Waals surface area contributed by atoms with Crippen molar-refractivity contribution in [3.63, 3.8) is 0 Å². The monoisotopic (exact) mass is 329 g/mol. The van der Waals surface area contributed by atoms with Crippen LogP contribution in [0.25, 0.3) is 0 Å². The SMILES string of the molecule is O=C(NCCC#Cc1cscc1C(=O)O)OCc1ccccc1. The number of carboxylic acids is 1. The molecule has 0 fully saturated rings. The van der Waals surface area contributed by atoms with Crippen LogP contribution in [0.15, 0.2) is 41.1 Å². The topological polar surface area (TPSA) is 75.6 Å². The molecule has 0 aliphatic rings. The number of aromatic carboxylic acids is 1. The first-order valence-corrected chi connectivity index (χ1v) is 7.84. The summed E-state index contributed by atoms with van der Waals surface area (Å²) in [4.78, 5) is 22.4. The maximum absolute atomic E-state index is 11.5. The first-order valence-electron chi connectivity index (χ1n) is 6.89. The highest BCUT2D eigenvalue weighted by Crippen LogP contribution is 2.13. The average molecular weight is 329 g/mol. The van der Waals surface area contributed by atoms with Gasteiger partial charge in [0.05, 0.1) is 5.56 Å². The summed E-state index contributed by atoms with van der Waals surface area (Å²) in [6, 6.07) is 9.40. The van der Waals surface area contributed by atoms with Gasteiger partial charge in [-0.3, -0.25) is 0 Å². The summed E-state index contributed by atoms with van der Waals surface area (Å²) >= 11 is 1.29. The molecule has 0 radical (unpaired) electrons. The van der Waals surface area contributed by atoms with Gasteiger partial charge in [0.1, 0.15) is 6.61 Å². The molecular formula is C17H15NO4S. The normalized spacial score (nSPS) is 9.57. The van der Waals surface area contributed by atoms with Gasteiger partial charge in [-0.25, -0.2) is 9.59 Å². The molecule has 23 heavy (non-hydrogen) atoms. The fraction of sp³-hybridized carbons (Fsp3) is 0.176. The molecule has 1 amide bonds. The van der Waals surface area contributed by atoms with E-state index in [9.17, 15) is 9.59 Å². The van der Waals surface area contributed by atoms with E-state index in [1.807, 2.05) is 30.3 Å². The zero-order valence-electron chi connectivity index (χ0n) is 12.2. The van der Waals surface area contributed by atoms with E-state index in [1.165, 1.54) is 11.3 Å². The molecule has 0 unspecified atom stereocenters. The third-order valence-electron chi connectivity index (χ3n) is 2.85. The van der Waals surface area contributed by atoms with Gasteiger partial charge in [0.15, 0.2) is 0 Å². The molecule has 6 heteroatoms. The Labute approximate surface area is 137 Å². The Morgan fingerprint density at radius 1 is 1.22 bits per heavy atom. The van der Waals surface area contributed by atoms with E-state index in [2.05, 4.69) is 17.2 Å². The summed E-state index contributed by atoms with van der Waals surface area (Å²) in [5, 5.41) is 14.8. The molecule has 5 nitrogen and oxygen atoms in total. The molecule has 2 N–H and O–H groups in total. The molecule has 0 aliphatic carbocycles. The van der Waals surface area contributed by atoms with Crippen molar-refractivity contribution < 1.29 is 19.4 Å². The van der Waals surface area contributed by atoms with E-state index in [-0.39, 0.29) is 12.2 Å². The molecule has 0 saturated carbocycles. The number of amides is 1. The van der Waals surface area contributed by atoms with E-state index < -0.39 is 12.1 Å². The zero-order valence-corrected chi connectivity index (χ0v) is 13.1. The summed E-state index contributed by atoms with van der Waals surface area (Å²) < 4.78 is 5.06. The summed E-state index contributed by atoms with van der Waals surface area (Å²) in [6.07, 6.45) is -0.0904. The number of carboxylic acid groups (broad SMARTS) is 1. The first-order chi connectivity index (χ1) is 11.2. The van der Waals surface area contributed by atoms with E-state index >= 15 is 0 Å². The maximum atomic E-state index is 11.5. The first kappa shape index (κ1) is 16.6. The van der Waals surface area contributed by atoms with Crippen molar-refractivity contribution in [1.29, 1.82) is 0 Å². The van der Waals surface area contributed by atoms with E-state index in [0.29, 0.717) is 18.5 Å². The van der Waals surface area contributed by atoms with Gasteiger partial charge < -0.3 is 15.2 Å². The van der Waals surface area contributed by atoms with Gasteiger partial charge in [-0.1, -0.05) is 42.2 Å². The van der Waals surface area contributed by atoms with Crippen molar-refractivity contribution >= 4 is 23.4 Å². The van der Waals surface area contributed by atoms with Crippen molar-refractivity contribution in [2.75, 3.05) is 6.54 Å². The molecule has 0 aliphatic heterocycles. The molecule has 1 aromatic carbocycles. The lowest BCUT2D eigenvalue weighted by Crippen LogP contribution is -2.24. The predicted molar refractivity (Wildman–Crippen MR) is 87.4 cm³/mol. The van der Waals surface area contributed by atoms with E-state index in [4.69, 9.17) is 9.84 Å². The number of rotatable bonds is 5. The zero-order chi connectivity index (χ0) is 16.5. The Kier molecular flexibility index (Phi) is 6.21. The molecule has 118 valence electrons. The molecule has 0 bridgehead atoms. The Morgan fingerprint density at radius 2 is 2.00 bits per heavy atom. The van der Waals surface area contributed by atoms with Crippen molar-refractivity contribution in [3.8, 4) is 11.8 Å². The minimum Gasteiger partial charge on any atom is -0.478 e. The smallest absolute Gasteiger partial charge is 0.407 e. The molecule has 2 rings (SSSR count). The summed E-state index contributed by atoms with van der Waals surface area (Å²) in [5.41, 5.74) is 1.62. The number of ether oxygens (including phenoxy) is 1. The number of hydrogen-bond donors (Lipinski definition) is 2. The van der Waals surface area contributed by atoms with Crippen molar-refractivity contribution in [2.24, 2.45) is 0 Å². The molecule has 0 atom stereocenters. The van der Waals surface area contributed by atoms with Crippen LogP contribution in [0.5, 0.6) is 0 Å². The number of alkyl carbamates (subject to hydrolysis) is 1. The minimum absolute atomic E-state index is 0.206. The van der Waals surface area contributed by atoms with Crippen LogP contribution in [0.2, 0.25) is 0 Å². The largest absolute Gasteiger partial charge is 0.478 e. The second-order valence-corrected chi connectivity index (χ2v) is 5.29. The quantitative estimate of drug-likeness (QED) is 0.653. The van der Waals surface area contributed by atoms with Crippen LogP contribution < -0.4 is 5.32 Å². The van der Waals surface area contributed by atoms with Crippen molar-refractivity contribution in [3.05, 3.63) is 57.8 Å². The van der Waals surface area contributed by atoms with Crippen LogP contribution in [0.3, 0.4) is 0 Å². The van der Waals surface area contributed by atoms with Crippen LogP contribution in [-0.2, 0) is 11.3 Å². The lowest BCUT2D eigenvalue weighted by molar-refractivity contribution is 0.0697.